The Morgan fingerprint density at radius 2 is 1.74 bits per heavy atom. The van der Waals surface area contributed by atoms with Gasteiger partial charge in [-0.3, -0.25) is 10.1 Å². The van der Waals surface area contributed by atoms with Crippen molar-refractivity contribution in [1.82, 2.24) is 16.0 Å². The molecule has 3 amide bonds. The van der Waals surface area contributed by atoms with Crippen LogP contribution in [0.1, 0.15) is 45.7 Å². The molecule has 0 bridgehead atoms. The number of urea groups is 1. The highest BCUT2D eigenvalue weighted by atomic mass is 19.1. The molecule has 1 aromatic rings. The summed E-state index contributed by atoms with van der Waals surface area (Å²) in [6, 6.07) is 5.60. The van der Waals surface area contributed by atoms with Crippen molar-refractivity contribution in [3.05, 3.63) is 35.6 Å². The Morgan fingerprint density at radius 3 is 2.26 bits per heavy atom. The average Bonchev–Trinajstić information content (AvgIpc) is 2.48. The number of benzene rings is 1. The van der Waals surface area contributed by atoms with Gasteiger partial charge in [0.25, 0.3) is 0 Å². The number of carbonyl (C=O) groups excluding carboxylic acids is 2. The van der Waals surface area contributed by atoms with E-state index in [1.807, 2.05) is 27.7 Å². The van der Waals surface area contributed by atoms with Crippen molar-refractivity contribution >= 4 is 11.9 Å². The van der Waals surface area contributed by atoms with Gasteiger partial charge in [-0.05, 0) is 37.0 Å². The van der Waals surface area contributed by atoms with Crippen LogP contribution in [0.4, 0.5) is 9.18 Å². The topological polar surface area (TPSA) is 70.2 Å². The van der Waals surface area contributed by atoms with Gasteiger partial charge in [0.2, 0.25) is 5.91 Å². The predicted octanol–water partition coefficient (Wildman–Crippen LogP) is 2.74. The Labute approximate surface area is 137 Å². The van der Waals surface area contributed by atoms with E-state index in [2.05, 4.69) is 16.0 Å². The summed E-state index contributed by atoms with van der Waals surface area (Å²) in [7, 11) is 0. The first-order valence-electron chi connectivity index (χ1n) is 7.92. The number of rotatable bonds is 7. The minimum atomic E-state index is -0.492. The van der Waals surface area contributed by atoms with Crippen LogP contribution >= 0.6 is 0 Å². The van der Waals surface area contributed by atoms with Crippen molar-refractivity contribution in [1.29, 1.82) is 0 Å². The van der Waals surface area contributed by atoms with Crippen molar-refractivity contribution in [2.45, 2.75) is 46.2 Å². The molecule has 23 heavy (non-hydrogen) atoms. The smallest absolute Gasteiger partial charge is 0.321 e. The van der Waals surface area contributed by atoms with Crippen LogP contribution in [-0.2, 0) is 4.79 Å². The van der Waals surface area contributed by atoms with Crippen LogP contribution < -0.4 is 16.0 Å². The first-order chi connectivity index (χ1) is 10.8. The number of hydrogen-bond donors (Lipinski definition) is 3. The second-order valence-electron chi connectivity index (χ2n) is 5.99. The molecule has 0 radical (unpaired) electrons. The monoisotopic (exact) mass is 323 g/mol. The SMILES string of the molecule is CC[C@H](C)NC(=O)NC(=O)CN[C@@H](c1ccc(F)cc1)C(C)C. The lowest BCUT2D eigenvalue weighted by atomic mass is 9.96. The number of halogens is 1. The quantitative estimate of drug-likeness (QED) is 0.722. The third kappa shape index (κ3) is 6.78. The van der Waals surface area contributed by atoms with E-state index in [0.717, 1.165) is 12.0 Å². The molecule has 0 aromatic heterocycles. The summed E-state index contributed by atoms with van der Waals surface area (Å²) in [6.45, 7) is 7.84. The molecule has 0 saturated carbocycles. The Bertz CT molecular complexity index is 517. The average molecular weight is 323 g/mol. The number of amides is 3. The van der Waals surface area contributed by atoms with Gasteiger partial charge >= 0.3 is 6.03 Å². The molecule has 0 aliphatic carbocycles. The van der Waals surface area contributed by atoms with E-state index < -0.39 is 11.9 Å². The molecule has 0 aliphatic rings. The van der Waals surface area contributed by atoms with Gasteiger partial charge in [-0.2, -0.15) is 0 Å². The fourth-order valence-electron chi connectivity index (χ4n) is 2.14. The lowest BCUT2D eigenvalue weighted by molar-refractivity contribution is -0.119. The molecule has 5 nitrogen and oxygen atoms in total. The molecule has 0 saturated heterocycles. The minimum absolute atomic E-state index is 0.00808. The van der Waals surface area contributed by atoms with Gasteiger partial charge in [0.05, 0.1) is 6.54 Å². The molecular weight excluding hydrogens is 297 g/mol. The second-order valence-corrected chi connectivity index (χ2v) is 5.99. The molecule has 0 fully saturated rings. The van der Waals surface area contributed by atoms with Gasteiger partial charge in [0.1, 0.15) is 5.82 Å². The van der Waals surface area contributed by atoms with Crippen molar-refractivity contribution in [2.24, 2.45) is 5.92 Å². The lowest BCUT2D eigenvalue weighted by Crippen LogP contribution is -2.46. The maximum absolute atomic E-state index is 13.0. The van der Waals surface area contributed by atoms with E-state index in [-0.39, 0.29) is 30.4 Å². The summed E-state index contributed by atoms with van der Waals surface area (Å²) in [5.74, 6) is -0.489. The summed E-state index contributed by atoms with van der Waals surface area (Å²) < 4.78 is 13.0. The van der Waals surface area contributed by atoms with Gasteiger partial charge in [0, 0.05) is 12.1 Å². The van der Waals surface area contributed by atoms with Crippen LogP contribution in [0.25, 0.3) is 0 Å². The van der Waals surface area contributed by atoms with E-state index in [4.69, 9.17) is 0 Å². The zero-order chi connectivity index (χ0) is 17.4. The number of hydrogen-bond acceptors (Lipinski definition) is 3. The highest BCUT2D eigenvalue weighted by Crippen LogP contribution is 2.21. The Balaban J connectivity index is 2.54. The van der Waals surface area contributed by atoms with Crippen molar-refractivity contribution < 1.29 is 14.0 Å². The van der Waals surface area contributed by atoms with Gasteiger partial charge in [-0.15, -0.1) is 0 Å². The van der Waals surface area contributed by atoms with Crippen LogP contribution in [0.5, 0.6) is 0 Å². The zero-order valence-corrected chi connectivity index (χ0v) is 14.2. The molecule has 1 rings (SSSR count). The van der Waals surface area contributed by atoms with Crippen molar-refractivity contribution in [2.75, 3.05) is 6.54 Å². The standard InChI is InChI=1S/C17H26FN3O2/c1-5-12(4)20-17(23)21-15(22)10-19-16(11(2)3)13-6-8-14(18)9-7-13/h6-9,11-12,16,19H,5,10H2,1-4H3,(H2,20,21,22,23)/t12-,16+/m0/s1. The molecule has 3 N–H and O–H groups in total. The molecular formula is C17H26FN3O2. The second kappa shape index (κ2) is 9.25. The normalized spacial score (nSPS) is 13.5. The van der Waals surface area contributed by atoms with Gasteiger partial charge in [-0.25, -0.2) is 9.18 Å². The van der Waals surface area contributed by atoms with Crippen molar-refractivity contribution in [3.8, 4) is 0 Å². The summed E-state index contributed by atoms with van der Waals surface area (Å²) in [5, 5.41) is 8.07. The molecule has 0 unspecified atom stereocenters. The van der Waals surface area contributed by atoms with Crippen molar-refractivity contribution in [3.63, 3.8) is 0 Å². The molecule has 1 aromatic carbocycles. The van der Waals surface area contributed by atoms with Gasteiger partial charge in [-0.1, -0.05) is 32.9 Å². The van der Waals surface area contributed by atoms with E-state index in [1.54, 1.807) is 12.1 Å². The Kier molecular flexibility index (Phi) is 7.68. The summed E-state index contributed by atoms with van der Waals surface area (Å²) in [6.07, 6.45) is 0.792. The summed E-state index contributed by atoms with van der Waals surface area (Å²) in [5.41, 5.74) is 0.901. The van der Waals surface area contributed by atoms with E-state index in [9.17, 15) is 14.0 Å². The fraction of sp³-hybridized carbons (Fsp3) is 0.529. The van der Waals surface area contributed by atoms with Crippen LogP contribution in [0.3, 0.4) is 0 Å². The van der Waals surface area contributed by atoms with Crippen LogP contribution in [0.2, 0.25) is 0 Å². The molecule has 0 aliphatic heterocycles. The van der Waals surface area contributed by atoms with Crippen LogP contribution in [0.15, 0.2) is 24.3 Å². The highest BCUT2D eigenvalue weighted by molar-refractivity contribution is 5.95. The molecule has 0 spiro atoms. The van der Waals surface area contributed by atoms with Crippen LogP contribution in [0, 0.1) is 11.7 Å². The molecule has 128 valence electrons. The predicted molar refractivity (Wildman–Crippen MR) is 88.4 cm³/mol. The van der Waals surface area contributed by atoms with Crippen LogP contribution in [-0.4, -0.2) is 24.5 Å². The van der Waals surface area contributed by atoms with Gasteiger partial charge in [0.15, 0.2) is 0 Å². The maximum atomic E-state index is 13.0. The summed E-state index contributed by atoms with van der Waals surface area (Å²) >= 11 is 0. The molecule has 0 heterocycles. The lowest BCUT2D eigenvalue weighted by Gasteiger charge is -2.23. The third-order valence-corrected chi connectivity index (χ3v) is 3.62. The number of nitrogens with one attached hydrogen (secondary N) is 3. The summed E-state index contributed by atoms with van der Waals surface area (Å²) in [4.78, 5) is 23.4. The Hall–Kier alpha value is -1.95. The Morgan fingerprint density at radius 1 is 1.13 bits per heavy atom. The number of carbonyl (C=O) groups is 2. The minimum Gasteiger partial charge on any atom is -0.335 e. The van der Waals surface area contributed by atoms with Gasteiger partial charge < -0.3 is 10.6 Å². The first-order valence-corrected chi connectivity index (χ1v) is 7.92. The van der Waals surface area contributed by atoms with E-state index in [1.165, 1.54) is 12.1 Å². The maximum Gasteiger partial charge on any atom is 0.321 e. The van der Waals surface area contributed by atoms with E-state index in [0.29, 0.717) is 0 Å². The molecule has 2 atom stereocenters. The largest absolute Gasteiger partial charge is 0.335 e. The molecule has 6 heteroatoms. The highest BCUT2D eigenvalue weighted by Gasteiger charge is 2.17. The first kappa shape index (κ1) is 19.1. The van der Waals surface area contributed by atoms with E-state index >= 15 is 0 Å². The fourth-order valence-corrected chi connectivity index (χ4v) is 2.14. The zero-order valence-electron chi connectivity index (χ0n) is 14.2. The third-order valence-electron chi connectivity index (χ3n) is 3.62. The number of imide groups is 1.